The van der Waals surface area contributed by atoms with Gasteiger partial charge < -0.3 is 39.4 Å². The Hall–Kier alpha value is -0.400. The second kappa shape index (κ2) is 26.8. The molecule has 0 fully saturated rings. The molecule has 0 aliphatic rings. The molecule has 0 aromatic rings. The molecule has 0 saturated carbocycles. The van der Waals surface area contributed by atoms with Gasteiger partial charge in [0.2, 0.25) is 0 Å². The van der Waals surface area contributed by atoms with Crippen molar-refractivity contribution in [2.75, 3.05) is 119 Å². The van der Waals surface area contributed by atoms with Gasteiger partial charge in [0.25, 0.3) is 0 Å². The Morgan fingerprint density at radius 1 is 0.344 bits per heavy atom. The highest BCUT2D eigenvalue weighted by Crippen LogP contribution is 1.97. The molecule has 0 bridgehead atoms. The molecule has 0 spiro atoms. The smallest absolute Gasteiger partial charge is 0.0593 e. The third kappa shape index (κ3) is 22.8. The lowest BCUT2D eigenvalue weighted by atomic mass is 10.4. The molecule has 0 aromatic carbocycles. The summed E-state index contributed by atoms with van der Waals surface area (Å²) >= 11 is 0. The van der Waals surface area contributed by atoms with Crippen LogP contribution in [0.25, 0.3) is 0 Å². The van der Waals surface area contributed by atoms with E-state index in [1.54, 1.807) is 0 Å². The Kier molecular flexibility index (Phi) is 26.5. The van der Waals surface area contributed by atoms with Gasteiger partial charge >= 0.3 is 0 Å². The van der Waals surface area contributed by atoms with E-state index in [9.17, 15) is 0 Å². The summed E-state index contributed by atoms with van der Waals surface area (Å²) in [5.41, 5.74) is 0. The number of rotatable bonds is 27. The molecule has 0 unspecified atom stereocenters. The van der Waals surface area contributed by atoms with Crippen molar-refractivity contribution in [1.29, 1.82) is 0 Å². The number of aliphatic hydroxyl groups excluding tert-OH is 4. The maximum Gasteiger partial charge on any atom is 0.0593 e. The van der Waals surface area contributed by atoms with E-state index in [0.717, 1.165) is 39.3 Å². The van der Waals surface area contributed by atoms with E-state index in [2.05, 4.69) is 9.80 Å². The zero-order valence-corrected chi connectivity index (χ0v) is 19.9. The van der Waals surface area contributed by atoms with Gasteiger partial charge in [-0.25, -0.2) is 0 Å². The minimum Gasteiger partial charge on any atom is -0.396 e. The number of hydrogen-bond donors (Lipinski definition) is 4. The second-order valence-electron chi connectivity index (χ2n) is 7.44. The van der Waals surface area contributed by atoms with E-state index >= 15 is 0 Å². The quantitative estimate of drug-likeness (QED) is 0.114. The van der Waals surface area contributed by atoms with Crippen molar-refractivity contribution in [3.63, 3.8) is 0 Å². The van der Waals surface area contributed by atoms with Gasteiger partial charge in [-0.2, -0.15) is 0 Å². The average molecular weight is 469 g/mol. The lowest BCUT2D eigenvalue weighted by Gasteiger charge is -2.27. The topological polar surface area (TPSA) is 124 Å². The highest BCUT2D eigenvalue weighted by molar-refractivity contribution is 4.64. The first kappa shape index (κ1) is 31.6. The fourth-order valence-electron chi connectivity index (χ4n) is 2.80. The van der Waals surface area contributed by atoms with Crippen LogP contribution in [0, 0.1) is 0 Å². The maximum absolute atomic E-state index is 8.87. The van der Waals surface area contributed by atoms with Gasteiger partial charge in [-0.15, -0.1) is 0 Å². The Labute approximate surface area is 194 Å². The van der Waals surface area contributed by atoms with Crippen molar-refractivity contribution in [2.45, 2.75) is 25.7 Å². The third-order valence-electron chi connectivity index (χ3n) is 4.73. The number of ether oxygens (including phenoxy) is 4. The lowest BCUT2D eigenvalue weighted by molar-refractivity contribution is 0.0473. The van der Waals surface area contributed by atoms with Crippen LogP contribution in [0.3, 0.4) is 0 Å². The van der Waals surface area contributed by atoms with Crippen LogP contribution < -0.4 is 0 Å². The summed E-state index contributed by atoms with van der Waals surface area (Å²) in [6.45, 7) is 10.00. The predicted molar refractivity (Wildman–Crippen MR) is 123 cm³/mol. The van der Waals surface area contributed by atoms with Gasteiger partial charge in [0, 0.05) is 92.1 Å². The van der Waals surface area contributed by atoms with Crippen molar-refractivity contribution in [2.24, 2.45) is 0 Å². The molecule has 0 amide bonds. The van der Waals surface area contributed by atoms with Crippen LogP contribution in [0.4, 0.5) is 0 Å². The van der Waals surface area contributed by atoms with Crippen molar-refractivity contribution < 1.29 is 39.4 Å². The van der Waals surface area contributed by atoms with E-state index in [4.69, 9.17) is 39.4 Å². The highest BCUT2D eigenvalue weighted by atomic mass is 16.5. The molecular formula is C22H48N2O8. The van der Waals surface area contributed by atoms with Gasteiger partial charge in [0.05, 0.1) is 26.4 Å². The molecule has 0 aliphatic heterocycles. The standard InChI is InChI=1S/C22H48N2O8/c25-11-1-15-29-19-7-23(8-20-30-16-2-12-26)5-6-24(9-21-31-17-3-13-27)10-22-32-18-4-14-28/h25-28H,1-22H2. The molecule has 0 rings (SSSR count). The van der Waals surface area contributed by atoms with E-state index in [0.29, 0.717) is 78.5 Å². The van der Waals surface area contributed by atoms with Gasteiger partial charge in [0.1, 0.15) is 0 Å². The Morgan fingerprint density at radius 3 is 0.812 bits per heavy atom. The normalized spacial score (nSPS) is 11.8. The molecular weight excluding hydrogens is 420 g/mol. The van der Waals surface area contributed by atoms with Crippen LogP contribution in [0.15, 0.2) is 0 Å². The zero-order valence-electron chi connectivity index (χ0n) is 19.9. The van der Waals surface area contributed by atoms with Crippen molar-refractivity contribution in [3.8, 4) is 0 Å². The third-order valence-corrected chi connectivity index (χ3v) is 4.73. The molecule has 0 aromatic heterocycles. The number of aliphatic hydroxyl groups is 4. The van der Waals surface area contributed by atoms with Gasteiger partial charge in [-0.1, -0.05) is 0 Å². The number of hydrogen-bond acceptors (Lipinski definition) is 10. The molecule has 0 radical (unpaired) electrons. The van der Waals surface area contributed by atoms with Gasteiger partial charge in [-0.05, 0) is 25.7 Å². The molecule has 0 aliphatic carbocycles. The van der Waals surface area contributed by atoms with Crippen molar-refractivity contribution in [1.82, 2.24) is 9.80 Å². The van der Waals surface area contributed by atoms with E-state index in [-0.39, 0.29) is 26.4 Å². The molecule has 4 N–H and O–H groups in total. The molecule has 0 heterocycles. The summed E-state index contributed by atoms with van der Waals surface area (Å²) in [5.74, 6) is 0. The largest absolute Gasteiger partial charge is 0.396 e. The van der Waals surface area contributed by atoms with Crippen molar-refractivity contribution in [3.05, 3.63) is 0 Å². The molecule has 0 atom stereocenters. The van der Waals surface area contributed by atoms with Crippen LogP contribution in [0.5, 0.6) is 0 Å². The monoisotopic (exact) mass is 468 g/mol. The first-order chi connectivity index (χ1) is 15.8. The van der Waals surface area contributed by atoms with Crippen LogP contribution in [-0.4, -0.2) is 149 Å². The van der Waals surface area contributed by atoms with Crippen molar-refractivity contribution >= 4 is 0 Å². The van der Waals surface area contributed by atoms with Gasteiger partial charge in [0.15, 0.2) is 0 Å². The molecule has 32 heavy (non-hydrogen) atoms. The fourth-order valence-corrected chi connectivity index (χ4v) is 2.80. The average Bonchev–Trinajstić information content (AvgIpc) is 2.80. The molecule has 10 nitrogen and oxygen atoms in total. The summed E-state index contributed by atoms with van der Waals surface area (Å²) in [6.07, 6.45) is 2.57. The summed E-state index contributed by atoms with van der Waals surface area (Å²) in [6, 6.07) is 0. The second-order valence-corrected chi connectivity index (χ2v) is 7.44. The predicted octanol–water partition coefficient (Wildman–Crippen LogP) is -0.814. The summed E-state index contributed by atoms with van der Waals surface area (Å²) in [4.78, 5) is 4.59. The minimum atomic E-state index is 0.137. The summed E-state index contributed by atoms with van der Waals surface area (Å²) in [5, 5.41) is 35.5. The minimum absolute atomic E-state index is 0.137. The Balaban J connectivity index is 4.43. The van der Waals surface area contributed by atoms with Crippen LogP contribution >= 0.6 is 0 Å². The Morgan fingerprint density at radius 2 is 0.594 bits per heavy atom. The fraction of sp³-hybridized carbons (Fsp3) is 1.00. The Bertz CT molecular complexity index is 296. The van der Waals surface area contributed by atoms with Crippen LogP contribution in [0.1, 0.15) is 25.7 Å². The number of nitrogens with zero attached hydrogens (tertiary/aromatic N) is 2. The molecule has 194 valence electrons. The highest BCUT2D eigenvalue weighted by Gasteiger charge is 2.10. The first-order valence-electron chi connectivity index (χ1n) is 12.0. The maximum atomic E-state index is 8.87. The van der Waals surface area contributed by atoms with Crippen LogP contribution in [0.2, 0.25) is 0 Å². The van der Waals surface area contributed by atoms with Gasteiger partial charge in [-0.3, -0.25) is 9.80 Å². The summed E-state index contributed by atoms with van der Waals surface area (Å²) in [7, 11) is 0. The first-order valence-corrected chi connectivity index (χ1v) is 12.0. The molecule has 0 saturated heterocycles. The van der Waals surface area contributed by atoms with E-state index in [1.165, 1.54) is 0 Å². The lowest BCUT2D eigenvalue weighted by Crippen LogP contribution is -2.41. The summed E-state index contributed by atoms with van der Waals surface area (Å²) < 4.78 is 22.4. The zero-order chi connectivity index (χ0) is 23.5. The SMILES string of the molecule is OCCCOCCN(CCOCCCO)CCN(CCOCCCO)CCOCCCO. The molecule has 10 heteroatoms. The van der Waals surface area contributed by atoms with E-state index in [1.807, 2.05) is 0 Å². The van der Waals surface area contributed by atoms with Crippen LogP contribution in [-0.2, 0) is 18.9 Å². The van der Waals surface area contributed by atoms with E-state index < -0.39 is 0 Å².